The molecular formula is C14H18N2O. The first-order valence-electron chi connectivity index (χ1n) is 6.36. The van der Waals surface area contributed by atoms with Gasteiger partial charge >= 0.3 is 0 Å². The molecule has 1 fully saturated rings. The van der Waals surface area contributed by atoms with Crippen molar-refractivity contribution in [1.82, 2.24) is 5.32 Å². The molecule has 2 aliphatic rings. The van der Waals surface area contributed by atoms with E-state index < -0.39 is 0 Å². The first-order valence-corrected chi connectivity index (χ1v) is 6.36. The fraction of sp³-hybridized carbons (Fsp3) is 0.500. The molecule has 0 radical (unpaired) electrons. The van der Waals surface area contributed by atoms with Crippen LogP contribution in [0.15, 0.2) is 18.2 Å². The zero-order valence-electron chi connectivity index (χ0n) is 10.2. The van der Waals surface area contributed by atoms with Gasteiger partial charge in [0.2, 0.25) is 5.91 Å². The van der Waals surface area contributed by atoms with E-state index in [0.29, 0.717) is 12.3 Å². The van der Waals surface area contributed by atoms with Crippen molar-refractivity contribution in [2.24, 2.45) is 0 Å². The predicted octanol–water partition coefficient (Wildman–Crippen LogP) is 1.67. The van der Waals surface area contributed by atoms with Crippen molar-refractivity contribution in [2.75, 3.05) is 25.0 Å². The number of carbonyl (C=O) groups excluding carboxylic acids is 1. The molecule has 1 aromatic rings. The molecule has 0 aromatic heterocycles. The summed E-state index contributed by atoms with van der Waals surface area (Å²) in [6, 6.07) is 6.52. The first kappa shape index (κ1) is 10.8. The van der Waals surface area contributed by atoms with E-state index >= 15 is 0 Å². The number of fused-ring (bicyclic) bond motifs is 1. The van der Waals surface area contributed by atoms with Crippen molar-refractivity contribution in [1.29, 1.82) is 0 Å². The number of anilines is 1. The van der Waals surface area contributed by atoms with Crippen molar-refractivity contribution in [2.45, 2.75) is 25.2 Å². The average Bonchev–Trinajstić information content (AvgIpc) is 2.66. The lowest BCUT2D eigenvalue weighted by Crippen LogP contribution is -2.28. The number of hydrogen-bond acceptors (Lipinski definition) is 2. The van der Waals surface area contributed by atoms with E-state index in [1.807, 2.05) is 7.05 Å². The SMILES string of the molecule is CN1C(=O)Cc2cc(C3CCCNC3)ccc21. The fourth-order valence-corrected chi connectivity index (χ4v) is 2.88. The summed E-state index contributed by atoms with van der Waals surface area (Å²) in [7, 11) is 1.86. The minimum atomic E-state index is 0.207. The third-order valence-corrected chi connectivity index (χ3v) is 3.95. The molecule has 0 saturated carbocycles. The predicted molar refractivity (Wildman–Crippen MR) is 68.4 cm³/mol. The van der Waals surface area contributed by atoms with E-state index in [-0.39, 0.29) is 5.91 Å². The summed E-state index contributed by atoms with van der Waals surface area (Å²) in [4.78, 5) is 13.4. The van der Waals surface area contributed by atoms with Crippen molar-refractivity contribution in [3.63, 3.8) is 0 Å². The van der Waals surface area contributed by atoms with Crippen LogP contribution in [0.1, 0.15) is 29.9 Å². The Morgan fingerprint density at radius 1 is 1.41 bits per heavy atom. The monoisotopic (exact) mass is 230 g/mol. The molecule has 17 heavy (non-hydrogen) atoms. The van der Waals surface area contributed by atoms with Crippen molar-refractivity contribution >= 4 is 11.6 Å². The minimum Gasteiger partial charge on any atom is -0.316 e. The van der Waals surface area contributed by atoms with E-state index in [1.165, 1.54) is 24.0 Å². The fourth-order valence-electron chi connectivity index (χ4n) is 2.88. The van der Waals surface area contributed by atoms with E-state index in [4.69, 9.17) is 0 Å². The van der Waals surface area contributed by atoms with Gasteiger partial charge in [-0.15, -0.1) is 0 Å². The Kier molecular flexibility index (Phi) is 2.63. The molecule has 2 heterocycles. The van der Waals surface area contributed by atoms with Crippen LogP contribution < -0.4 is 10.2 Å². The highest BCUT2D eigenvalue weighted by molar-refractivity contribution is 6.00. The molecule has 3 heteroatoms. The number of hydrogen-bond donors (Lipinski definition) is 1. The van der Waals surface area contributed by atoms with Gasteiger partial charge in [0.15, 0.2) is 0 Å². The summed E-state index contributed by atoms with van der Waals surface area (Å²) in [5, 5.41) is 3.44. The minimum absolute atomic E-state index is 0.207. The van der Waals surface area contributed by atoms with Gasteiger partial charge in [-0.25, -0.2) is 0 Å². The van der Waals surface area contributed by atoms with Gasteiger partial charge < -0.3 is 10.2 Å². The number of piperidine rings is 1. The van der Waals surface area contributed by atoms with Gasteiger partial charge in [0.1, 0.15) is 0 Å². The van der Waals surface area contributed by atoms with Gasteiger partial charge in [-0.1, -0.05) is 12.1 Å². The van der Waals surface area contributed by atoms with E-state index in [0.717, 1.165) is 18.8 Å². The molecular weight excluding hydrogens is 212 g/mol. The number of nitrogens with one attached hydrogen (secondary N) is 1. The van der Waals surface area contributed by atoms with Crippen molar-refractivity contribution < 1.29 is 4.79 Å². The van der Waals surface area contributed by atoms with Crippen LogP contribution in [0.25, 0.3) is 0 Å². The first-order chi connectivity index (χ1) is 8.25. The number of amides is 1. The van der Waals surface area contributed by atoms with Crippen LogP contribution in [0.4, 0.5) is 5.69 Å². The Hall–Kier alpha value is -1.35. The van der Waals surface area contributed by atoms with Crippen LogP contribution in [-0.2, 0) is 11.2 Å². The van der Waals surface area contributed by atoms with Crippen LogP contribution in [0.5, 0.6) is 0 Å². The Bertz CT molecular complexity index is 450. The molecule has 1 unspecified atom stereocenters. The van der Waals surface area contributed by atoms with Crippen LogP contribution in [0, 0.1) is 0 Å². The second kappa shape index (κ2) is 4.15. The lowest BCUT2D eigenvalue weighted by atomic mass is 9.90. The van der Waals surface area contributed by atoms with Crippen LogP contribution in [-0.4, -0.2) is 26.0 Å². The molecule has 0 bridgehead atoms. The van der Waals surface area contributed by atoms with Crippen LogP contribution >= 0.6 is 0 Å². The topological polar surface area (TPSA) is 32.3 Å². The molecule has 1 aromatic carbocycles. The largest absolute Gasteiger partial charge is 0.316 e. The van der Waals surface area contributed by atoms with E-state index in [2.05, 4.69) is 23.5 Å². The highest BCUT2D eigenvalue weighted by Gasteiger charge is 2.25. The number of rotatable bonds is 1. The summed E-state index contributed by atoms with van der Waals surface area (Å²) in [5.41, 5.74) is 3.67. The van der Waals surface area contributed by atoms with E-state index in [9.17, 15) is 4.79 Å². The molecule has 3 rings (SSSR count). The second-order valence-corrected chi connectivity index (χ2v) is 5.06. The quantitative estimate of drug-likeness (QED) is 0.796. The maximum atomic E-state index is 11.6. The molecule has 0 aliphatic carbocycles. The Balaban J connectivity index is 1.89. The van der Waals surface area contributed by atoms with Crippen LogP contribution in [0.3, 0.4) is 0 Å². The number of benzene rings is 1. The second-order valence-electron chi connectivity index (χ2n) is 5.06. The Labute approximate surface area is 102 Å². The number of nitrogens with zero attached hydrogens (tertiary/aromatic N) is 1. The van der Waals surface area contributed by atoms with Crippen molar-refractivity contribution in [3.05, 3.63) is 29.3 Å². The van der Waals surface area contributed by atoms with Gasteiger partial charge in [0, 0.05) is 19.3 Å². The van der Waals surface area contributed by atoms with Gasteiger partial charge in [0.25, 0.3) is 0 Å². The standard InChI is InChI=1S/C14H18N2O/c1-16-13-5-4-10(7-12(13)8-14(16)17)11-3-2-6-15-9-11/h4-5,7,11,15H,2-3,6,8-9H2,1H3. The smallest absolute Gasteiger partial charge is 0.231 e. The van der Waals surface area contributed by atoms with Crippen molar-refractivity contribution in [3.8, 4) is 0 Å². The molecule has 2 aliphatic heterocycles. The molecule has 1 N–H and O–H groups in total. The van der Waals surface area contributed by atoms with Gasteiger partial charge in [-0.2, -0.15) is 0 Å². The number of carbonyl (C=O) groups is 1. The molecule has 90 valence electrons. The lowest BCUT2D eigenvalue weighted by Gasteiger charge is -2.23. The summed E-state index contributed by atoms with van der Waals surface area (Å²) >= 11 is 0. The maximum Gasteiger partial charge on any atom is 0.231 e. The lowest BCUT2D eigenvalue weighted by molar-refractivity contribution is -0.117. The third-order valence-electron chi connectivity index (χ3n) is 3.95. The molecule has 3 nitrogen and oxygen atoms in total. The molecule has 1 amide bonds. The summed E-state index contributed by atoms with van der Waals surface area (Å²) in [6.45, 7) is 2.21. The maximum absolute atomic E-state index is 11.6. The van der Waals surface area contributed by atoms with Gasteiger partial charge in [0.05, 0.1) is 6.42 Å². The normalized spacial score (nSPS) is 23.9. The Morgan fingerprint density at radius 3 is 3.06 bits per heavy atom. The Morgan fingerprint density at radius 2 is 2.29 bits per heavy atom. The zero-order valence-corrected chi connectivity index (χ0v) is 10.2. The highest BCUT2D eigenvalue weighted by atomic mass is 16.2. The zero-order chi connectivity index (χ0) is 11.8. The van der Waals surface area contributed by atoms with E-state index in [1.54, 1.807) is 4.90 Å². The summed E-state index contributed by atoms with van der Waals surface area (Å²) < 4.78 is 0. The van der Waals surface area contributed by atoms with Gasteiger partial charge in [-0.05, 0) is 42.5 Å². The molecule has 1 saturated heterocycles. The van der Waals surface area contributed by atoms with Gasteiger partial charge in [-0.3, -0.25) is 4.79 Å². The molecule has 1 atom stereocenters. The molecule has 0 spiro atoms. The number of likely N-dealkylation sites (N-methyl/N-ethyl adjacent to an activating group) is 1. The van der Waals surface area contributed by atoms with Crippen LogP contribution in [0.2, 0.25) is 0 Å². The summed E-state index contributed by atoms with van der Waals surface area (Å²) in [6.07, 6.45) is 3.08. The highest BCUT2D eigenvalue weighted by Crippen LogP contribution is 2.32. The average molecular weight is 230 g/mol. The third kappa shape index (κ3) is 1.84. The summed E-state index contributed by atoms with van der Waals surface area (Å²) in [5.74, 6) is 0.828.